The Balaban J connectivity index is 0.000000134. The maximum absolute atomic E-state index is 13.2. The minimum atomic E-state index is -0.0773. The molecule has 8 aromatic heterocycles. The molecule has 1 aliphatic heterocycles. The summed E-state index contributed by atoms with van der Waals surface area (Å²) in [5.41, 5.74) is 6.69. The normalized spacial score (nSPS) is 14.9. The predicted octanol–water partition coefficient (Wildman–Crippen LogP) is 8.50. The summed E-state index contributed by atoms with van der Waals surface area (Å²) in [4.78, 5) is 53.3. The molecule has 0 unspecified atom stereocenters. The van der Waals surface area contributed by atoms with Gasteiger partial charge >= 0.3 is 11.4 Å². The fraction of sp³-hybridized carbons (Fsp3) is 0.478. The van der Waals surface area contributed by atoms with Crippen molar-refractivity contribution in [3.05, 3.63) is 104 Å². The SMILES string of the molecule is C1CCOC1.CC(C)CCn1c(CO)nc2nc(Cl)ccc21.CC(C)CCn1c(Cn2c(=O)n(C3CC3)c3ccncc32)nc2nc(Cl)ccc21.O=c1[nH]c2cnccc2n1C1CC1. The van der Waals surface area contributed by atoms with Crippen LogP contribution in [0.2, 0.25) is 10.3 Å². The van der Waals surface area contributed by atoms with Crippen LogP contribution in [-0.4, -0.2) is 76.0 Å². The molecule has 9 heterocycles. The Labute approximate surface area is 380 Å². The van der Waals surface area contributed by atoms with Crippen LogP contribution >= 0.6 is 23.2 Å². The summed E-state index contributed by atoms with van der Waals surface area (Å²) in [6, 6.07) is 11.9. The number of aliphatic hydroxyl groups is 1. The van der Waals surface area contributed by atoms with Crippen molar-refractivity contribution in [2.24, 2.45) is 11.8 Å². The van der Waals surface area contributed by atoms with Gasteiger partial charge in [-0.15, -0.1) is 0 Å². The zero-order chi connectivity index (χ0) is 44.9. The van der Waals surface area contributed by atoms with E-state index in [1.807, 2.05) is 38.0 Å². The summed E-state index contributed by atoms with van der Waals surface area (Å²) in [5.74, 6) is 2.63. The number of halogens is 2. The van der Waals surface area contributed by atoms with Crippen LogP contribution in [0.1, 0.15) is 103 Å². The summed E-state index contributed by atoms with van der Waals surface area (Å²) in [7, 11) is 0. The summed E-state index contributed by atoms with van der Waals surface area (Å²) in [6.07, 6.45) is 15.9. The van der Waals surface area contributed by atoms with Crippen molar-refractivity contribution >= 4 is 67.6 Å². The van der Waals surface area contributed by atoms with Crippen LogP contribution in [-0.2, 0) is 31.0 Å². The van der Waals surface area contributed by atoms with Crippen molar-refractivity contribution in [2.45, 2.75) is 117 Å². The van der Waals surface area contributed by atoms with Gasteiger partial charge in [0.15, 0.2) is 11.3 Å². The number of ether oxygens (including phenoxy) is 1. The van der Waals surface area contributed by atoms with E-state index >= 15 is 0 Å². The van der Waals surface area contributed by atoms with Crippen LogP contribution in [0.15, 0.2) is 70.8 Å². The average molecular weight is 912 g/mol. The number of rotatable bonds is 11. The molecule has 3 fully saturated rings. The zero-order valence-electron chi connectivity index (χ0n) is 36.8. The van der Waals surface area contributed by atoms with Gasteiger partial charge in [-0.1, -0.05) is 50.9 Å². The number of aryl methyl sites for hydroxylation is 2. The van der Waals surface area contributed by atoms with Gasteiger partial charge in [0, 0.05) is 50.8 Å². The fourth-order valence-electron chi connectivity index (χ4n) is 7.87. The van der Waals surface area contributed by atoms with Crippen molar-refractivity contribution in [2.75, 3.05) is 13.2 Å². The molecule has 11 rings (SSSR count). The third-order valence-corrected chi connectivity index (χ3v) is 12.0. The zero-order valence-corrected chi connectivity index (χ0v) is 38.3. The van der Waals surface area contributed by atoms with Crippen molar-refractivity contribution in [1.29, 1.82) is 0 Å². The first-order valence-corrected chi connectivity index (χ1v) is 23.1. The Morgan fingerprint density at radius 3 is 1.77 bits per heavy atom. The van der Waals surface area contributed by atoms with Gasteiger partial charge in [0.2, 0.25) is 0 Å². The molecule has 18 heteroatoms. The molecule has 1 saturated heterocycles. The number of hydrogen-bond donors (Lipinski definition) is 2. The van der Waals surface area contributed by atoms with Crippen LogP contribution in [0.3, 0.4) is 0 Å². The lowest BCUT2D eigenvalue weighted by Crippen LogP contribution is -2.25. The van der Waals surface area contributed by atoms with E-state index in [1.165, 1.54) is 12.8 Å². The van der Waals surface area contributed by atoms with Gasteiger partial charge in [0.1, 0.15) is 28.6 Å². The smallest absolute Gasteiger partial charge is 0.329 e. The molecule has 2 saturated carbocycles. The molecule has 8 aromatic rings. The van der Waals surface area contributed by atoms with Crippen molar-refractivity contribution in [1.82, 2.24) is 57.7 Å². The lowest BCUT2D eigenvalue weighted by Gasteiger charge is -2.11. The average Bonchev–Trinajstić information content (AvgIpc) is 4.05. The maximum atomic E-state index is 13.2. The molecule has 0 bridgehead atoms. The quantitative estimate of drug-likeness (QED) is 0.119. The second-order valence-corrected chi connectivity index (χ2v) is 18.2. The van der Waals surface area contributed by atoms with Gasteiger partial charge in [0.25, 0.3) is 0 Å². The summed E-state index contributed by atoms with van der Waals surface area (Å²) < 4.78 is 14.7. The van der Waals surface area contributed by atoms with Gasteiger partial charge in [-0.05, 0) is 99.6 Å². The number of pyridine rings is 4. The third-order valence-electron chi connectivity index (χ3n) is 11.6. The van der Waals surface area contributed by atoms with Crippen molar-refractivity contribution < 1.29 is 9.84 Å². The third kappa shape index (κ3) is 10.4. The van der Waals surface area contributed by atoms with Gasteiger partial charge < -0.3 is 24.0 Å². The van der Waals surface area contributed by atoms with E-state index in [-0.39, 0.29) is 18.0 Å². The number of hydrogen-bond acceptors (Lipinski definition) is 10. The highest BCUT2D eigenvalue weighted by Crippen LogP contribution is 2.36. The molecular weight excluding hydrogens is 855 g/mol. The Bertz CT molecular complexity index is 2960. The number of aromatic amines is 1. The minimum Gasteiger partial charge on any atom is -0.388 e. The number of nitrogens with zero attached hydrogens (tertiary/aromatic N) is 11. The van der Waals surface area contributed by atoms with E-state index in [0.29, 0.717) is 57.9 Å². The maximum Gasteiger partial charge on any atom is 0.329 e. The Kier molecular flexibility index (Phi) is 14.2. The molecule has 0 spiro atoms. The lowest BCUT2D eigenvalue weighted by molar-refractivity contribution is 0.198. The number of nitrogens with one attached hydrogen (secondary N) is 1. The van der Waals surface area contributed by atoms with Crippen LogP contribution < -0.4 is 11.4 Å². The first kappa shape index (κ1) is 45.2. The number of fused-ring (bicyclic) bond motifs is 4. The number of aromatic nitrogens is 12. The van der Waals surface area contributed by atoms with Gasteiger partial charge in [-0.2, -0.15) is 0 Å². The molecule has 2 aliphatic carbocycles. The topological polar surface area (TPSA) is 181 Å². The van der Waals surface area contributed by atoms with E-state index in [9.17, 15) is 14.7 Å². The van der Waals surface area contributed by atoms with Crippen LogP contribution in [0, 0.1) is 11.8 Å². The summed E-state index contributed by atoms with van der Waals surface area (Å²) in [6.45, 7) is 12.7. The summed E-state index contributed by atoms with van der Waals surface area (Å²) in [5, 5.41) is 10.2. The minimum absolute atomic E-state index is 0.00366. The molecule has 64 heavy (non-hydrogen) atoms. The molecule has 0 atom stereocenters. The predicted molar refractivity (Wildman–Crippen MR) is 250 cm³/mol. The molecule has 0 radical (unpaired) electrons. The van der Waals surface area contributed by atoms with E-state index in [0.717, 1.165) is 104 Å². The second kappa shape index (κ2) is 20.2. The van der Waals surface area contributed by atoms with Gasteiger partial charge in [-0.25, -0.2) is 29.5 Å². The first-order chi connectivity index (χ1) is 31.0. The molecule has 3 aliphatic rings. The molecule has 2 N–H and O–H groups in total. The monoisotopic (exact) mass is 910 g/mol. The van der Waals surface area contributed by atoms with Crippen LogP contribution in [0.4, 0.5) is 0 Å². The molecule has 0 aromatic carbocycles. The van der Waals surface area contributed by atoms with Gasteiger partial charge in [0.05, 0.1) is 52.0 Å². The van der Waals surface area contributed by atoms with E-state index in [1.54, 1.807) is 41.5 Å². The molecule has 338 valence electrons. The molecule has 0 amide bonds. The highest BCUT2D eigenvalue weighted by atomic mass is 35.5. The summed E-state index contributed by atoms with van der Waals surface area (Å²) >= 11 is 11.9. The van der Waals surface area contributed by atoms with Crippen LogP contribution in [0.5, 0.6) is 0 Å². The highest BCUT2D eigenvalue weighted by Gasteiger charge is 2.30. The number of aliphatic hydroxyl groups excluding tert-OH is 1. The molecular formula is C46H56Cl2N12O4. The second-order valence-electron chi connectivity index (χ2n) is 17.4. The lowest BCUT2D eigenvalue weighted by atomic mass is 10.1. The van der Waals surface area contributed by atoms with E-state index in [2.05, 4.69) is 62.2 Å². The number of H-pyrrole nitrogens is 1. The van der Waals surface area contributed by atoms with Crippen molar-refractivity contribution in [3.8, 4) is 0 Å². The standard InChI is InChI=1S/C21H23ClN6O.C12H16ClN3O.C9H9N3O.C4H8O/c1-13(2)8-10-26-16-5-6-18(22)24-20(16)25-19(26)12-27-17-11-23-9-7-15(17)28(21(27)29)14-3-4-14;1-8(2)5-6-16-9-3-4-10(13)14-12(9)15-11(16)7-17;13-9-11-7-5-10-4-3-8(7)12(9)6-1-2-6;1-2-4-5-3-1/h5-7,9,11,13-14H,3-4,8,10,12H2,1-2H3;3-4,8,17H,5-7H2,1-2H3;3-6H,1-2H2,(H,11,13);1-4H2. The first-order valence-electron chi connectivity index (χ1n) is 22.3. The fourth-order valence-corrected chi connectivity index (χ4v) is 8.16. The largest absolute Gasteiger partial charge is 0.388 e. The molecule has 16 nitrogen and oxygen atoms in total. The van der Waals surface area contributed by atoms with E-state index in [4.69, 9.17) is 32.9 Å². The van der Waals surface area contributed by atoms with Crippen molar-refractivity contribution in [3.63, 3.8) is 0 Å². The Morgan fingerprint density at radius 2 is 1.22 bits per heavy atom. The van der Waals surface area contributed by atoms with Crippen LogP contribution in [0.25, 0.3) is 44.4 Å². The highest BCUT2D eigenvalue weighted by molar-refractivity contribution is 6.30. The van der Waals surface area contributed by atoms with Gasteiger partial charge in [-0.3, -0.25) is 23.7 Å². The Morgan fingerprint density at radius 1 is 0.672 bits per heavy atom. The van der Waals surface area contributed by atoms with E-state index < -0.39 is 0 Å². The Hall–Kier alpha value is -5.42. The number of imidazole rings is 4.